The van der Waals surface area contributed by atoms with Gasteiger partial charge in [-0.05, 0) is 67.6 Å². The number of hydrogen-bond acceptors (Lipinski definition) is 4. The predicted molar refractivity (Wildman–Crippen MR) is 134 cm³/mol. The number of pyridine rings is 1. The summed E-state index contributed by atoms with van der Waals surface area (Å²) in [7, 11) is 0. The van der Waals surface area contributed by atoms with Crippen molar-refractivity contribution in [2.75, 3.05) is 5.32 Å². The first kappa shape index (κ1) is 21.6. The molecule has 0 saturated carbocycles. The number of aromatic nitrogens is 1. The first-order valence-electron chi connectivity index (χ1n) is 10.7. The molecule has 0 spiro atoms. The lowest BCUT2D eigenvalue weighted by molar-refractivity contribution is 0.101. The molecule has 0 saturated heterocycles. The molecule has 5 nitrogen and oxygen atoms in total. The number of nitrogens with one attached hydrogen (secondary N) is 1. The summed E-state index contributed by atoms with van der Waals surface area (Å²) in [5.41, 5.74) is 3.63. The van der Waals surface area contributed by atoms with Gasteiger partial charge < -0.3 is 9.73 Å². The van der Waals surface area contributed by atoms with Crippen molar-refractivity contribution in [2.45, 2.75) is 6.92 Å². The summed E-state index contributed by atoms with van der Waals surface area (Å²) in [6.07, 6.45) is 0. The average molecular weight is 467 g/mol. The van der Waals surface area contributed by atoms with Crippen LogP contribution in [0, 0.1) is 0 Å². The Kier molecular flexibility index (Phi) is 5.70. The Morgan fingerprint density at radius 2 is 1.56 bits per heavy atom. The van der Waals surface area contributed by atoms with Gasteiger partial charge in [0, 0.05) is 22.2 Å². The van der Waals surface area contributed by atoms with Crippen LogP contribution in [0.25, 0.3) is 33.7 Å². The van der Waals surface area contributed by atoms with E-state index in [1.165, 1.54) is 6.92 Å². The van der Waals surface area contributed by atoms with Crippen LogP contribution in [0.1, 0.15) is 27.6 Å². The Morgan fingerprint density at radius 1 is 0.853 bits per heavy atom. The van der Waals surface area contributed by atoms with Gasteiger partial charge in [-0.3, -0.25) is 9.59 Å². The number of anilines is 1. The number of rotatable bonds is 5. The molecule has 1 amide bonds. The second-order valence-corrected chi connectivity index (χ2v) is 8.21. The molecule has 2 aromatic heterocycles. The van der Waals surface area contributed by atoms with E-state index in [0.29, 0.717) is 44.6 Å². The third-order valence-electron chi connectivity index (χ3n) is 5.51. The second-order valence-electron chi connectivity index (χ2n) is 7.80. The molecule has 0 bridgehead atoms. The van der Waals surface area contributed by atoms with Gasteiger partial charge in [0.15, 0.2) is 11.5 Å². The number of carbonyl (C=O) groups excluding carboxylic acids is 2. The summed E-state index contributed by atoms with van der Waals surface area (Å²) in [4.78, 5) is 29.5. The zero-order chi connectivity index (χ0) is 23.7. The average Bonchev–Trinajstić information content (AvgIpc) is 3.34. The van der Waals surface area contributed by atoms with Crippen LogP contribution in [0.5, 0.6) is 0 Å². The molecule has 6 heteroatoms. The fraction of sp³-hybridized carbons (Fsp3) is 0.0357. The van der Waals surface area contributed by atoms with E-state index in [0.717, 1.165) is 10.9 Å². The van der Waals surface area contributed by atoms with Gasteiger partial charge >= 0.3 is 0 Å². The zero-order valence-electron chi connectivity index (χ0n) is 18.2. The number of carbonyl (C=O) groups is 2. The third-order valence-corrected chi connectivity index (χ3v) is 5.84. The van der Waals surface area contributed by atoms with E-state index in [1.54, 1.807) is 36.4 Å². The highest BCUT2D eigenvalue weighted by molar-refractivity contribution is 6.33. The molecule has 3 aromatic carbocycles. The smallest absolute Gasteiger partial charge is 0.256 e. The van der Waals surface area contributed by atoms with Crippen LogP contribution in [0.4, 0.5) is 5.69 Å². The Morgan fingerprint density at radius 3 is 2.32 bits per heavy atom. The summed E-state index contributed by atoms with van der Waals surface area (Å²) >= 11 is 6.32. The van der Waals surface area contributed by atoms with Crippen molar-refractivity contribution in [1.82, 2.24) is 4.98 Å². The zero-order valence-corrected chi connectivity index (χ0v) is 19.0. The number of para-hydroxylation sites is 1. The van der Waals surface area contributed by atoms with E-state index < -0.39 is 0 Å². The standard InChI is InChI=1S/C28H19ClN2O3/c1-17(32)18-10-12-19(13-11-18)30-28(33)22-16-25(31-24-9-5-3-6-20(22)24)27-15-14-26(34-27)21-7-2-4-8-23(21)29/h2-16H,1H3,(H,30,33). The third kappa shape index (κ3) is 4.21. The molecule has 0 aliphatic heterocycles. The molecule has 5 aromatic rings. The first-order valence-corrected chi connectivity index (χ1v) is 11.0. The van der Waals surface area contributed by atoms with Gasteiger partial charge in [0.2, 0.25) is 0 Å². The lowest BCUT2D eigenvalue weighted by Gasteiger charge is -2.10. The lowest BCUT2D eigenvalue weighted by Crippen LogP contribution is -2.13. The molecule has 0 aliphatic carbocycles. The van der Waals surface area contributed by atoms with Gasteiger partial charge in [-0.25, -0.2) is 4.98 Å². The fourth-order valence-corrected chi connectivity index (χ4v) is 3.99. The number of halogens is 1. The van der Waals surface area contributed by atoms with Crippen LogP contribution in [0.2, 0.25) is 5.02 Å². The predicted octanol–water partition coefficient (Wildman–Crippen LogP) is 7.27. The maximum Gasteiger partial charge on any atom is 0.256 e. The largest absolute Gasteiger partial charge is 0.454 e. The van der Waals surface area contributed by atoms with Crippen molar-refractivity contribution in [1.29, 1.82) is 0 Å². The molecule has 1 N–H and O–H groups in total. The van der Waals surface area contributed by atoms with Crippen LogP contribution in [-0.2, 0) is 0 Å². The first-order chi connectivity index (χ1) is 16.5. The SMILES string of the molecule is CC(=O)c1ccc(NC(=O)c2cc(-c3ccc(-c4ccccc4Cl)o3)nc3ccccc23)cc1. The highest BCUT2D eigenvalue weighted by Crippen LogP contribution is 2.33. The maximum absolute atomic E-state index is 13.2. The molecule has 0 radical (unpaired) electrons. The van der Waals surface area contributed by atoms with E-state index in [4.69, 9.17) is 21.0 Å². The van der Waals surface area contributed by atoms with Crippen molar-refractivity contribution < 1.29 is 14.0 Å². The molecule has 0 fully saturated rings. The van der Waals surface area contributed by atoms with Crippen LogP contribution in [0.3, 0.4) is 0 Å². The van der Waals surface area contributed by atoms with Gasteiger partial charge in [-0.1, -0.05) is 41.9 Å². The summed E-state index contributed by atoms with van der Waals surface area (Å²) in [6.45, 7) is 1.50. The van der Waals surface area contributed by atoms with Gasteiger partial charge in [-0.15, -0.1) is 0 Å². The molecule has 166 valence electrons. The van der Waals surface area contributed by atoms with Crippen molar-refractivity contribution >= 4 is 39.9 Å². The van der Waals surface area contributed by atoms with E-state index in [2.05, 4.69) is 5.32 Å². The quantitative estimate of drug-likeness (QED) is 0.276. The normalized spacial score (nSPS) is 10.9. The summed E-state index contributed by atoms with van der Waals surface area (Å²) in [5.74, 6) is 0.832. The molecule has 5 rings (SSSR count). The van der Waals surface area contributed by atoms with Gasteiger partial charge in [0.25, 0.3) is 5.91 Å². The van der Waals surface area contributed by atoms with E-state index in [1.807, 2.05) is 54.6 Å². The fourth-order valence-electron chi connectivity index (χ4n) is 3.76. The topological polar surface area (TPSA) is 72.2 Å². The van der Waals surface area contributed by atoms with Gasteiger partial charge in [-0.2, -0.15) is 0 Å². The maximum atomic E-state index is 13.2. The molecule has 0 aliphatic rings. The summed E-state index contributed by atoms with van der Waals surface area (Å²) in [6, 6.07) is 27.1. The Labute approximate surface area is 201 Å². The Bertz CT molecular complexity index is 1540. The van der Waals surface area contributed by atoms with Crippen molar-refractivity contribution in [3.05, 3.63) is 107 Å². The number of nitrogens with zero attached hydrogens (tertiary/aromatic N) is 1. The number of ketones is 1. The summed E-state index contributed by atoms with van der Waals surface area (Å²) in [5, 5.41) is 4.22. The van der Waals surface area contributed by atoms with Crippen molar-refractivity contribution in [2.24, 2.45) is 0 Å². The molecule has 34 heavy (non-hydrogen) atoms. The molecular formula is C28H19ClN2O3. The van der Waals surface area contributed by atoms with Gasteiger partial charge in [0.05, 0.1) is 16.1 Å². The minimum Gasteiger partial charge on any atom is -0.454 e. The van der Waals surface area contributed by atoms with E-state index >= 15 is 0 Å². The van der Waals surface area contributed by atoms with E-state index in [-0.39, 0.29) is 11.7 Å². The van der Waals surface area contributed by atoms with Crippen LogP contribution in [0.15, 0.2) is 95.4 Å². The van der Waals surface area contributed by atoms with Crippen molar-refractivity contribution in [3.8, 4) is 22.8 Å². The number of furan rings is 1. The monoisotopic (exact) mass is 466 g/mol. The van der Waals surface area contributed by atoms with E-state index in [9.17, 15) is 9.59 Å². The lowest BCUT2D eigenvalue weighted by atomic mass is 10.1. The molecular weight excluding hydrogens is 448 g/mol. The van der Waals surface area contributed by atoms with Crippen LogP contribution in [-0.4, -0.2) is 16.7 Å². The second kappa shape index (κ2) is 8.96. The highest BCUT2D eigenvalue weighted by atomic mass is 35.5. The van der Waals surface area contributed by atoms with Crippen molar-refractivity contribution in [3.63, 3.8) is 0 Å². The minimum atomic E-state index is -0.284. The molecule has 0 atom stereocenters. The molecule has 2 heterocycles. The number of amides is 1. The Balaban J connectivity index is 1.53. The van der Waals surface area contributed by atoms with Crippen LogP contribution < -0.4 is 5.32 Å². The number of hydrogen-bond donors (Lipinski definition) is 1. The van der Waals surface area contributed by atoms with Crippen LogP contribution >= 0.6 is 11.6 Å². The Hall–Kier alpha value is -4.22. The number of fused-ring (bicyclic) bond motifs is 1. The van der Waals surface area contributed by atoms with Gasteiger partial charge in [0.1, 0.15) is 11.5 Å². The number of benzene rings is 3. The molecule has 0 unspecified atom stereocenters. The summed E-state index contributed by atoms with van der Waals surface area (Å²) < 4.78 is 6.06. The minimum absolute atomic E-state index is 0.0303. The number of Topliss-reactive ketones (excluding diaryl/α,β-unsaturated/α-hetero) is 1. The highest BCUT2D eigenvalue weighted by Gasteiger charge is 2.17.